The van der Waals surface area contributed by atoms with Gasteiger partial charge in [0.25, 0.3) is 5.56 Å². The molecule has 2 aromatic heterocycles. The first-order chi connectivity index (χ1) is 15.8. The average molecular weight is 463 g/mol. The summed E-state index contributed by atoms with van der Waals surface area (Å²) in [7, 11) is 0. The Labute approximate surface area is 186 Å². The average Bonchev–Trinajstić information content (AvgIpc) is 3.51. The molecule has 3 aromatic rings. The monoisotopic (exact) mass is 463 g/mol. The van der Waals surface area contributed by atoms with Crippen molar-refractivity contribution in [2.75, 3.05) is 13.1 Å². The summed E-state index contributed by atoms with van der Waals surface area (Å²) >= 11 is 0. The molecule has 5 rings (SSSR count). The van der Waals surface area contributed by atoms with E-state index < -0.39 is 17.3 Å². The zero-order valence-electron chi connectivity index (χ0n) is 17.6. The van der Waals surface area contributed by atoms with Gasteiger partial charge in [-0.2, -0.15) is 23.3 Å². The molecule has 11 heteroatoms. The summed E-state index contributed by atoms with van der Waals surface area (Å²) in [4.78, 5) is 18.8. The number of piperidine rings is 1. The predicted molar refractivity (Wildman–Crippen MR) is 109 cm³/mol. The van der Waals surface area contributed by atoms with E-state index >= 15 is 0 Å². The maximum atomic E-state index is 13.4. The van der Waals surface area contributed by atoms with Gasteiger partial charge in [0.1, 0.15) is 11.4 Å². The lowest BCUT2D eigenvalue weighted by atomic mass is 9.98. The summed E-state index contributed by atoms with van der Waals surface area (Å²) < 4.78 is 59.7. The van der Waals surface area contributed by atoms with E-state index in [-0.39, 0.29) is 24.3 Å². The third kappa shape index (κ3) is 4.68. The van der Waals surface area contributed by atoms with Crippen LogP contribution >= 0.6 is 0 Å². The number of likely N-dealkylation sites (tertiary alicyclic amines) is 1. The van der Waals surface area contributed by atoms with Gasteiger partial charge in [-0.25, -0.2) is 9.07 Å². The van der Waals surface area contributed by atoms with Crippen molar-refractivity contribution in [3.63, 3.8) is 0 Å². The van der Waals surface area contributed by atoms with Crippen molar-refractivity contribution in [3.05, 3.63) is 63.7 Å². The minimum Gasteiger partial charge on any atom is -0.339 e. The van der Waals surface area contributed by atoms with Crippen LogP contribution in [0.4, 0.5) is 17.6 Å². The van der Waals surface area contributed by atoms with Crippen LogP contribution in [0.3, 0.4) is 0 Å². The van der Waals surface area contributed by atoms with E-state index in [1.807, 2.05) is 4.90 Å². The fourth-order valence-electron chi connectivity index (χ4n) is 4.13. The Bertz CT molecular complexity index is 1200. The molecule has 1 aliphatic carbocycles. The van der Waals surface area contributed by atoms with Gasteiger partial charge in [0, 0.05) is 18.0 Å². The quantitative estimate of drug-likeness (QED) is 0.529. The lowest BCUT2D eigenvalue weighted by Gasteiger charge is -2.31. The van der Waals surface area contributed by atoms with Crippen molar-refractivity contribution in [3.8, 4) is 11.4 Å². The summed E-state index contributed by atoms with van der Waals surface area (Å²) in [5.41, 5.74) is -1.37. The predicted octanol–water partition coefficient (Wildman–Crippen LogP) is 4.17. The second kappa shape index (κ2) is 8.36. The summed E-state index contributed by atoms with van der Waals surface area (Å²) in [5, 5.41) is 8.20. The highest BCUT2D eigenvalue weighted by atomic mass is 19.4. The molecule has 0 bridgehead atoms. The van der Waals surface area contributed by atoms with Crippen LogP contribution in [0.1, 0.15) is 54.7 Å². The molecule has 1 unspecified atom stereocenters. The molecule has 2 aliphatic rings. The van der Waals surface area contributed by atoms with Gasteiger partial charge in [-0.3, -0.25) is 9.69 Å². The molecule has 0 amide bonds. The molecule has 1 saturated heterocycles. The van der Waals surface area contributed by atoms with Crippen LogP contribution in [-0.4, -0.2) is 37.9 Å². The Balaban J connectivity index is 1.34. The maximum Gasteiger partial charge on any atom is 0.421 e. The minimum absolute atomic E-state index is 0.0182. The summed E-state index contributed by atoms with van der Waals surface area (Å²) in [6.07, 6.45) is -1.65. The Hall–Kier alpha value is -3.08. The number of rotatable bonds is 5. The Kier molecular flexibility index (Phi) is 5.51. The van der Waals surface area contributed by atoms with Crippen LogP contribution in [0, 0.1) is 5.82 Å². The standard InChI is InChI=1S/C22H21F4N5O2/c23-16-7-5-14(6-8-16)19-27-20(33-29-19)15-2-1-9-30(11-15)12-31-21(32)17(22(24,25)26)10-18(28-31)13-3-4-13/h5-8,10,13,15H,1-4,9,11-12H2. The van der Waals surface area contributed by atoms with Gasteiger partial charge < -0.3 is 4.52 Å². The smallest absolute Gasteiger partial charge is 0.339 e. The van der Waals surface area contributed by atoms with Crippen molar-refractivity contribution < 1.29 is 22.1 Å². The van der Waals surface area contributed by atoms with E-state index in [2.05, 4.69) is 15.2 Å². The topological polar surface area (TPSA) is 77.1 Å². The van der Waals surface area contributed by atoms with Gasteiger partial charge >= 0.3 is 6.18 Å². The van der Waals surface area contributed by atoms with Gasteiger partial charge in [0.05, 0.1) is 18.3 Å². The van der Waals surface area contributed by atoms with E-state index in [4.69, 9.17) is 4.52 Å². The number of aromatic nitrogens is 4. The van der Waals surface area contributed by atoms with Crippen molar-refractivity contribution in [1.82, 2.24) is 24.8 Å². The first-order valence-electron chi connectivity index (χ1n) is 10.8. The Morgan fingerprint density at radius 1 is 1.09 bits per heavy atom. The van der Waals surface area contributed by atoms with E-state index in [0.717, 1.165) is 36.4 Å². The molecular weight excluding hydrogens is 442 g/mol. The van der Waals surface area contributed by atoms with E-state index in [1.165, 1.54) is 12.1 Å². The highest BCUT2D eigenvalue weighted by Crippen LogP contribution is 2.40. The van der Waals surface area contributed by atoms with Crippen molar-refractivity contribution >= 4 is 0 Å². The summed E-state index contributed by atoms with van der Waals surface area (Å²) in [6, 6.07) is 6.62. The number of hydrogen-bond acceptors (Lipinski definition) is 6. The van der Waals surface area contributed by atoms with Crippen LogP contribution < -0.4 is 5.56 Å². The maximum absolute atomic E-state index is 13.4. The van der Waals surface area contributed by atoms with Gasteiger partial charge in [-0.1, -0.05) is 5.16 Å². The molecule has 1 saturated carbocycles. The lowest BCUT2D eigenvalue weighted by molar-refractivity contribution is -0.139. The molecule has 174 valence electrons. The molecule has 33 heavy (non-hydrogen) atoms. The molecular formula is C22H21F4N5O2. The third-order valence-electron chi connectivity index (χ3n) is 6.03. The van der Waals surface area contributed by atoms with E-state index in [9.17, 15) is 22.4 Å². The third-order valence-corrected chi connectivity index (χ3v) is 6.03. The summed E-state index contributed by atoms with van der Waals surface area (Å²) in [6.45, 7) is 1.00. The normalized spacial score (nSPS) is 19.7. The molecule has 2 fully saturated rings. The molecule has 0 spiro atoms. The number of halogens is 4. The largest absolute Gasteiger partial charge is 0.421 e. The number of alkyl halides is 3. The van der Waals surface area contributed by atoms with Crippen LogP contribution in [0.5, 0.6) is 0 Å². The Morgan fingerprint density at radius 2 is 1.85 bits per heavy atom. The molecule has 1 aromatic carbocycles. The van der Waals surface area contributed by atoms with Crippen LogP contribution in [0.15, 0.2) is 39.6 Å². The second-order valence-electron chi connectivity index (χ2n) is 8.58. The first kappa shape index (κ1) is 21.7. The zero-order valence-corrected chi connectivity index (χ0v) is 17.6. The highest BCUT2D eigenvalue weighted by Gasteiger charge is 2.38. The van der Waals surface area contributed by atoms with Gasteiger partial charge in [0.2, 0.25) is 11.7 Å². The van der Waals surface area contributed by atoms with Crippen LogP contribution in [0.25, 0.3) is 11.4 Å². The van der Waals surface area contributed by atoms with Gasteiger partial charge in [-0.05, 0) is 62.6 Å². The van der Waals surface area contributed by atoms with E-state index in [0.29, 0.717) is 36.1 Å². The molecule has 7 nitrogen and oxygen atoms in total. The zero-order chi connectivity index (χ0) is 23.2. The van der Waals surface area contributed by atoms with E-state index in [1.54, 1.807) is 12.1 Å². The highest BCUT2D eigenvalue weighted by molar-refractivity contribution is 5.53. The fourth-order valence-corrected chi connectivity index (χ4v) is 4.13. The fraction of sp³-hybridized carbons (Fsp3) is 0.455. The van der Waals surface area contributed by atoms with Crippen LogP contribution in [-0.2, 0) is 12.8 Å². The number of benzene rings is 1. The van der Waals surface area contributed by atoms with Gasteiger partial charge in [0.15, 0.2) is 0 Å². The molecule has 0 radical (unpaired) electrons. The van der Waals surface area contributed by atoms with Gasteiger partial charge in [-0.15, -0.1) is 0 Å². The lowest BCUT2D eigenvalue weighted by Crippen LogP contribution is -2.41. The van der Waals surface area contributed by atoms with Crippen molar-refractivity contribution in [2.24, 2.45) is 0 Å². The molecule has 1 aliphatic heterocycles. The number of hydrogen-bond donors (Lipinski definition) is 0. The molecule has 1 atom stereocenters. The second-order valence-corrected chi connectivity index (χ2v) is 8.58. The summed E-state index contributed by atoms with van der Waals surface area (Å²) in [5.74, 6) is 0.225. The molecule has 3 heterocycles. The van der Waals surface area contributed by atoms with Crippen molar-refractivity contribution in [1.29, 1.82) is 0 Å². The Morgan fingerprint density at radius 3 is 2.55 bits per heavy atom. The first-order valence-corrected chi connectivity index (χ1v) is 10.8. The van der Waals surface area contributed by atoms with Crippen LogP contribution in [0.2, 0.25) is 0 Å². The minimum atomic E-state index is -4.73. The van der Waals surface area contributed by atoms with Crippen molar-refractivity contribution in [2.45, 2.75) is 50.4 Å². The number of nitrogens with zero attached hydrogens (tertiary/aromatic N) is 5. The SMILES string of the molecule is O=c1c(C(F)(F)F)cc(C2CC2)nn1CN1CCCC(c2nc(-c3ccc(F)cc3)no2)C1. The molecule has 0 N–H and O–H groups in total.